The summed E-state index contributed by atoms with van der Waals surface area (Å²) in [5.41, 5.74) is 1.95. The van der Waals surface area contributed by atoms with Gasteiger partial charge in [0.05, 0.1) is 0 Å². The molecule has 0 saturated carbocycles. The first-order chi connectivity index (χ1) is 11.6. The predicted molar refractivity (Wildman–Crippen MR) is 77.5 cm³/mol. The van der Waals surface area contributed by atoms with E-state index in [0.717, 1.165) is 39.2 Å². The van der Waals surface area contributed by atoms with Crippen LogP contribution in [0.3, 0.4) is 0 Å². The number of nitrogens with zero attached hydrogens (tertiary/aromatic N) is 2. The van der Waals surface area contributed by atoms with Crippen LogP contribution in [0.5, 0.6) is 0 Å². The summed E-state index contributed by atoms with van der Waals surface area (Å²) in [5.74, 6) is -4.01. The third kappa shape index (κ3) is 6.19. The van der Waals surface area contributed by atoms with Crippen molar-refractivity contribution >= 4 is 35.5 Å². The maximum absolute atomic E-state index is 9.04. The summed E-state index contributed by atoms with van der Waals surface area (Å²) in [4.78, 5) is 18.0. The van der Waals surface area contributed by atoms with E-state index in [2.05, 4.69) is 34.9 Å². The Morgan fingerprint density at radius 3 is 1.54 bits per heavy atom. The van der Waals surface area contributed by atoms with Crippen LogP contribution in [0.2, 0.25) is 0 Å². The molecule has 2 aliphatic rings. The maximum atomic E-state index is 9.04. The Morgan fingerprint density at radius 1 is 0.917 bits per heavy atom. The van der Waals surface area contributed by atoms with Crippen LogP contribution in [0, 0.1) is 0 Å². The number of hydrogen-bond acceptors (Lipinski definition) is 6. The average Bonchev–Trinajstić information content (AvgIpc) is 2.65. The normalized spacial score (nSPS) is 11.3. The number of carboxylic acids is 2. The summed E-state index contributed by atoms with van der Waals surface area (Å²) in [6, 6.07) is 4.15. The summed E-state index contributed by atoms with van der Waals surface area (Å²) in [6.07, 6.45) is 11.6. The van der Waals surface area contributed by atoms with E-state index in [-0.39, 0.29) is 0 Å². The van der Waals surface area contributed by atoms with Crippen molar-refractivity contribution in [3.05, 3.63) is 57.8 Å². The van der Waals surface area contributed by atoms with Crippen molar-refractivity contribution in [1.29, 1.82) is 0 Å². The van der Waals surface area contributed by atoms with E-state index in [4.69, 9.17) is 34.0 Å². The first kappa shape index (κ1) is 21.3. The standard InChI is InChI=1S/C12H8N2.C2H2O4.H2O2.O.V/c1-3-9-5-6-10-4-2-8-14-12(10)11(9)13-7-1;3-1(4)2(5)6;1-2;;/h1-8H;(H,3,4)(H,5,6);1-2H;;/q-2;;;;+2/p-1. The third-order valence-electron chi connectivity index (χ3n) is 2.52. The van der Waals surface area contributed by atoms with Gasteiger partial charge in [-0.1, -0.05) is 36.4 Å². The Morgan fingerprint density at radius 2 is 1.25 bits per heavy atom. The summed E-state index contributed by atoms with van der Waals surface area (Å²) < 4.78 is 8.19. The predicted octanol–water partition coefficient (Wildman–Crippen LogP) is 0.0296. The molecule has 9 nitrogen and oxygen atoms in total. The van der Waals surface area contributed by atoms with Crippen LogP contribution in [-0.4, -0.2) is 27.6 Å². The molecule has 0 radical (unpaired) electrons. The van der Waals surface area contributed by atoms with Crippen LogP contribution in [0.25, 0.3) is 22.8 Å². The van der Waals surface area contributed by atoms with Gasteiger partial charge in [0.25, 0.3) is 0 Å². The van der Waals surface area contributed by atoms with E-state index in [0.29, 0.717) is 0 Å². The van der Waals surface area contributed by atoms with Crippen molar-refractivity contribution in [2.24, 2.45) is 0 Å². The number of hydrogen-bond donors (Lipinski definition) is 3. The van der Waals surface area contributed by atoms with Gasteiger partial charge in [-0.15, -0.1) is 11.4 Å². The molecule has 10 heteroatoms. The van der Waals surface area contributed by atoms with E-state index in [1.54, 1.807) is 12.4 Å². The Bertz CT molecular complexity index is 696. The molecular formula is C14H11N2O7V-. The Labute approximate surface area is 145 Å². The Kier molecular flexibility index (Phi) is 10.5. The molecule has 0 amide bonds. The molecule has 1 aromatic rings. The van der Waals surface area contributed by atoms with E-state index in [1.807, 2.05) is 12.2 Å². The molecule has 0 unspecified atom stereocenters. The molecule has 3 N–H and O–H groups in total. The van der Waals surface area contributed by atoms with Gasteiger partial charge in [0.15, 0.2) is 5.97 Å². The molecule has 3 rings (SSSR count). The number of aliphatic carboxylic acids is 2. The van der Waals surface area contributed by atoms with Gasteiger partial charge in [-0.2, -0.15) is 12.4 Å². The zero-order valence-corrected chi connectivity index (χ0v) is 13.3. The molecule has 0 aromatic heterocycles. The quantitative estimate of drug-likeness (QED) is 0.329. The zero-order chi connectivity index (χ0) is 18.5. The van der Waals surface area contributed by atoms with Gasteiger partial charge >= 0.3 is 27.0 Å². The number of carboxylic acid groups (broad SMARTS) is 2. The SMILES string of the molecule is C1=C[N-]c2c3c(ccc2=C1)=CC=C[N-]3.O=C([O-])C(=O)O.OO.[O]=[V+2]. The van der Waals surface area contributed by atoms with Crippen molar-refractivity contribution in [3.8, 4) is 0 Å². The molecule has 24 heavy (non-hydrogen) atoms. The van der Waals surface area contributed by atoms with Gasteiger partial charge in [0.2, 0.25) is 0 Å². The molecular weight excluding hydrogens is 359 g/mol. The van der Waals surface area contributed by atoms with Crippen molar-refractivity contribution in [2.45, 2.75) is 0 Å². The second-order valence-corrected chi connectivity index (χ2v) is 3.81. The fraction of sp³-hybridized carbons (Fsp3) is 0. The minimum atomic E-state index is -2.07. The number of rotatable bonds is 0. The van der Waals surface area contributed by atoms with Crippen LogP contribution in [0.1, 0.15) is 0 Å². The molecule has 2 heterocycles. The first-order valence-electron chi connectivity index (χ1n) is 6.00. The van der Waals surface area contributed by atoms with Gasteiger partial charge in [-0.05, 0) is 10.4 Å². The number of allylic oxidation sites excluding steroid dienone is 2. The molecule has 0 saturated heterocycles. The summed E-state index contributed by atoms with van der Waals surface area (Å²) in [7, 11) is 0. The molecule has 0 spiro atoms. The molecule has 0 fully saturated rings. The van der Waals surface area contributed by atoms with Crippen molar-refractivity contribution in [3.63, 3.8) is 0 Å². The van der Waals surface area contributed by atoms with Crippen LogP contribution >= 0.6 is 0 Å². The van der Waals surface area contributed by atoms with Crippen LogP contribution in [0.15, 0.2) is 36.7 Å². The molecule has 1 aromatic carbocycles. The fourth-order valence-corrected chi connectivity index (χ4v) is 1.68. The van der Waals surface area contributed by atoms with Gasteiger partial charge in [0, 0.05) is 0 Å². The average molecular weight is 370 g/mol. The number of benzene rings is 1. The number of carbonyl (C=O) groups is 2. The summed E-state index contributed by atoms with van der Waals surface area (Å²) in [5, 5.41) is 39.3. The van der Waals surface area contributed by atoms with Gasteiger partial charge in [0.1, 0.15) is 0 Å². The van der Waals surface area contributed by atoms with Crippen molar-refractivity contribution in [1.82, 2.24) is 0 Å². The minimum absolute atomic E-state index is 0.977. The molecule has 125 valence electrons. The first-order valence-corrected chi connectivity index (χ1v) is 6.57. The molecule has 2 aliphatic heterocycles. The topological polar surface area (TPSA) is 163 Å². The van der Waals surface area contributed by atoms with Crippen LogP contribution in [0.4, 0.5) is 11.4 Å². The van der Waals surface area contributed by atoms with Crippen LogP contribution < -0.4 is 15.5 Å². The third-order valence-corrected chi connectivity index (χ3v) is 2.52. The Hall–Kier alpha value is -2.72. The second-order valence-electron chi connectivity index (χ2n) is 3.81. The second kappa shape index (κ2) is 11.8. The van der Waals surface area contributed by atoms with Crippen molar-refractivity contribution in [2.75, 3.05) is 0 Å². The van der Waals surface area contributed by atoms with Gasteiger partial charge in [-0.25, -0.2) is 4.79 Å². The fourth-order valence-electron chi connectivity index (χ4n) is 1.68. The van der Waals surface area contributed by atoms with E-state index in [9.17, 15) is 0 Å². The zero-order valence-electron chi connectivity index (χ0n) is 11.9. The summed E-state index contributed by atoms with van der Waals surface area (Å²) >= 11 is 1.06. The molecule has 0 aliphatic carbocycles. The number of carbonyl (C=O) groups excluding carboxylic acids is 1. The molecule has 0 atom stereocenters. The van der Waals surface area contributed by atoms with E-state index < -0.39 is 11.9 Å². The van der Waals surface area contributed by atoms with E-state index in [1.165, 1.54) is 0 Å². The monoisotopic (exact) mass is 370 g/mol. The van der Waals surface area contributed by atoms with Crippen molar-refractivity contribution < 1.29 is 51.4 Å². The summed E-state index contributed by atoms with van der Waals surface area (Å²) in [6.45, 7) is 0. The molecule has 0 bridgehead atoms. The van der Waals surface area contributed by atoms with Gasteiger partial charge < -0.3 is 25.6 Å². The Balaban J connectivity index is 0.000000453. The number of fused-ring (bicyclic) bond motifs is 3. The van der Waals surface area contributed by atoms with Gasteiger partial charge in [-0.3, -0.25) is 10.5 Å². The van der Waals surface area contributed by atoms with Crippen LogP contribution in [-0.2, 0) is 30.6 Å². The van der Waals surface area contributed by atoms with E-state index >= 15 is 0 Å².